The summed E-state index contributed by atoms with van der Waals surface area (Å²) in [7, 11) is 0. The van der Waals surface area contributed by atoms with Gasteiger partial charge in [0.05, 0.1) is 41.0 Å². The van der Waals surface area contributed by atoms with Gasteiger partial charge in [-0.3, -0.25) is 0 Å². The zero-order valence-electron chi connectivity index (χ0n) is 79.0. The van der Waals surface area contributed by atoms with Gasteiger partial charge in [0.25, 0.3) is 0 Å². The second kappa shape index (κ2) is 41.7. The summed E-state index contributed by atoms with van der Waals surface area (Å²) in [6.45, 7) is 7.45. The maximum Gasteiger partial charge on any atom is 0.187 e. The SMILES string of the molecule is C(=C\c1ccc(N(c2ccccc2)c2ccc(-c3ccc(N(c4ccccc4)c4ccc(/C=C/c5ccccc5)cc4)cc3)cc2)cc1)/c1ccccc1.[C-]#[N+]c1ccc(N(c2ccccc2)c2ccc3ccc4c(N(c5ccccc5)c5ccc(C#N)cc5)ccc5ccc2c3c54)cc1.c1ccc(N(c2ccccc2)c2cccc3c2ccc2c(N(c4ccccc4)c4ccccc4)c4ccccc4cc23)cc1. The van der Waals surface area contributed by atoms with Crippen LogP contribution in [-0.2, 0) is 0 Å². The third kappa shape index (κ3) is 19.0. The summed E-state index contributed by atoms with van der Waals surface area (Å²) in [5.74, 6) is 0. The third-order valence-electron chi connectivity index (χ3n) is 26.4. The highest BCUT2D eigenvalue weighted by atomic mass is 15.2. The molecule has 0 aliphatic rings. The van der Waals surface area contributed by atoms with E-state index in [0.29, 0.717) is 11.3 Å². The molecule has 0 amide bonds. The first-order chi connectivity index (χ1) is 71.4. The van der Waals surface area contributed by atoms with Gasteiger partial charge in [-0.05, 0) is 277 Å². The lowest BCUT2D eigenvalue weighted by molar-refractivity contribution is 1.28. The summed E-state index contributed by atoms with van der Waals surface area (Å²) in [6, 6.07) is 198. The molecule has 0 atom stereocenters. The predicted molar refractivity (Wildman–Crippen MR) is 611 cm³/mol. The molecule has 0 heterocycles. The van der Waals surface area contributed by atoms with Crippen molar-refractivity contribution in [1.82, 2.24) is 0 Å². The molecule has 0 N–H and O–H groups in total. The quantitative estimate of drug-likeness (QED) is 0.0274. The zero-order valence-corrected chi connectivity index (χ0v) is 79.0. The third-order valence-corrected chi connectivity index (χ3v) is 26.4. The Hall–Kier alpha value is -19.6. The molecule has 0 bridgehead atoms. The van der Waals surface area contributed by atoms with E-state index in [1.165, 1.54) is 81.8 Å². The van der Waals surface area contributed by atoms with E-state index in [4.69, 9.17) is 6.57 Å². The van der Waals surface area contributed by atoms with Crippen LogP contribution < -0.4 is 29.4 Å². The minimum atomic E-state index is 0.616. The fourth-order valence-electron chi connectivity index (χ4n) is 19.6. The number of nitriles is 1. The van der Waals surface area contributed by atoms with Crippen molar-refractivity contribution >= 4 is 197 Å². The van der Waals surface area contributed by atoms with E-state index in [1.807, 2.05) is 72.8 Å². The van der Waals surface area contributed by atoms with Gasteiger partial charge in [0, 0.05) is 107 Å². The van der Waals surface area contributed by atoms with Crippen LogP contribution in [0.25, 0.3) is 105 Å². The molecule has 0 saturated carbocycles. The van der Waals surface area contributed by atoms with Crippen molar-refractivity contribution in [3.05, 3.63) is 597 Å². The summed E-state index contributed by atoms with van der Waals surface area (Å²) in [5.41, 5.74) is 28.0. The Kier molecular flexibility index (Phi) is 26.0. The lowest BCUT2D eigenvalue weighted by Crippen LogP contribution is -2.11. The van der Waals surface area contributed by atoms with Gasteiger partial charge in [-0.1, -0.05) is 376 Å². The number of nitrogens with zero attached hydrogens (tertiary/aromatic N) is 8. The van der Waals surface area contributed by atoms with Crippen LogP contribution >= 0.6 is 0 Å². The highest BCUT2D eigenvalue weighted by molar-refractivity contribution is 6.29. The Morgan fingerprint density at radius 3 is 0.826 bits per heavy atom. The monoisotopic (exact) mass is 1840 g/mol. The fourth-order valence-corrected chi connectivity index (χ4v) is 19.6. The van der Waals surface area contributed by atoms with Gasteiger partial charge in [0.15, 0.2) is 5.69 Å². The lowest BCUT2D eigenvalue weighted by Gasteiger charge is -2.29. The average molecular weight is 1840 g/mol. The van der Waals surface area contributed by atoms with E-state index in [-0.39, 0.29) is 0 Å². The molecular formula is C136H96N8. The van der Waals surface area contributed by atoms with E-state index in [9.17, 15) is 5.26 Å². The van der Waals surface area contributed by atoms with Gasteiger partial charge >= 0.3 is 0 Å². The smallest absolute Gasteiger partial charge is 0.187 e. The number of benzene rings is 24. The van der Waals surface area contributed by atoms with Crippen molar-refractivity contribution in [2.24, 2.45) is 0 Å². The average Bonchev–Trinajstić information content (AvgIpc) is 0.718. The Morgan fingerprint density at radius 2 is 0.458 bits per heavy atom. The minimum absolute atomic E-state index is 0.616. The fraction of sp³-hybridized carbons (Fsp3) is 0. The van der Waals surface area contributed by atoms with E-state index in [0.717, 1.165) is 119 Å². The summed E-state index contributed by atoms with van der Waals surface area (Å²) >= 11 is 0. The van der Waals surface area contributed by atoms with Crippen molar-refractivity contribution in [2.75, 3.05) is 29.4 Å². The van der Waals surface area contributed by atoms with E-state index < -0.39 is 0 Å². The molecule has 680 valence electrons. The van der Waals surface area contributed by atoms with E-state index in [2.05, 4.69) is 550 Å². The predicted octanol–water partition coefficient (Wildman–Crippen LogP) is 38.7. The molecule has 24 rings (SSSR count). The molecule has 0 radical (unpaired) electrons. The van der Waals surface area contributed by atoms with Gasteiger partial charge in [-0.15, -0.1) is 0 Å². The molecule has 0 saturated heterocycles. The van der Waals surface area contributed by atoms with E-state index in [1.54, 1.807) is 0 Å². The van der Waals surface area contributed by atoms with E-state index >= 15 is 0 Å². The molecule has 0 aliphatic heterocycles. The Morgan fingerprint density at radius 1 is 0.188 bits per heavy atom. The molecule has 144 heavy (non-hydrogen) atoms. The van der Waals surface area contributed by atoms with Gasteiger partial charge < -0.3 is 29.4 Å². The van der Waals surface area contributed by atoms with Crippen molar-refractivity contribution in [3.8, 4) is 17.2 Å². The molecule has 24 aromatic carbocycles. The van der Waals surface area contributed by atoms with Crippen molar-refractivity contribution in [2.45, 2.75) is 0 Å². The maximum atomic E-state index is 9.45. The topological polar surface area (TPSA) is 47.6 Å². The standard InChI is InChI=1S/C52H40N2.C42H26N4.C42H30N2/c1-5-13-41(14-6-1)21-23-43-25-33-49(34-26-43)53(47-17-9-3-10-18-47)51-37-29-45(30-38-51)46-31-39-52(40-32-46)54(48-19-11-4-12-20-48)50-35-27-44(28-36-50)24-22-42-15-7-2-8-16-42;1-44-32-18-22-36(23-19-32)46(34-10-6-3-7-11-34)40-27-17-31-14-24-37-39(26-16-30-15-25-38(40)42(31)41(30)37)45(33-8-4-2-5-9-33)35-20-12-29(28-43)13-21-35;1-5-17-32(18-6-1)43(33-19-7-2-8-20-33)41-27-15-26-37-38(41)28-29-39-40(37)30-31-16-13-14-25-36(31)42(39)44(34-21-9-3-10-22-34)35-23-11-4-12-24-35/h1-40H;2-27H;1-30H/b23-21+,24-22+;;. The summed E-state index contributed by atoms with van der Waals surface area (Å²) in [5, 5.41) is 23.8. The molecule has 0 unspecified atom stereocenters. The van der Waals surface area contributed by atoms with Crippen molar-refractivity contribution in [1.29, 1.82) is 5.26 Å². The maximum absolute atomic E-state index is 9.45. The molecule has 0 aromatic heterocycles. The molecular weight excluding hydrogens is 1750 g/mol. The number of hydrogen-bond acceptors (Lipinski definition) is 7. The van der Waals surface area contributed by atoms with Crippen LogP contribution in [0.15, 0.2) is 558 Å². The van der Waals surface area contributed by atoms with Crippen LogP contribution in [0.1, 0.15) is 27.8 Å². The molecule has 24 aromatic rings. The first-order valence-electron chi connectivity index (χ1n) is 48.5. The van der Waals surface area contributed by atoms with Crippen molar-refractivity contribution in [3.63, 3.8) is 0 Å². The molecule has 0 spiro atoms. The summed E-state index contributed by atoms with van der Waals surface area (Å²) in [4.78, 5) is 17.5. The van der Waals surface area contributed by atoms with Crippen LogP contribution in [0.4, 0.5) is 108 Å². The van der Waals surface area contributed by atoms with Gasteiger partial charge in [0.1, 0.15) is 0 Å². The highest BCUT2D eigenvalue weighted by Crippen LogP contribution is 2.52. The van der Waals surface area contributed by atoms with Crippen LogP contribution in [-0.4, -0.2) is 0 Å². The number of fused-ring (bicyclic) bond motifs is 4. The number of hydrogen-bond donors (Lipinski definition) is 0. The first kappa shape index (κ1) is 89.6. The number of anilines is 18. The first-order valence-corrected chi connectivity index (χ1v) is 48.5. The van der Waals surface area contributed by atoms with Gasteiger partial charge in [0.2, 0.25) is 0 Å². The Balaban J connectivity index is 0.000000124. The lowest BCUT2D eigenvalue weighted by atomic mass is 9.91. The number of rotatable bonds is 23. The normalized spacial score (nSPS) is 11.1. The van der Waals surface area contributed by atoms with Crippen LogP contribution in [0.5, 0.6) is 0 Å². The Bertz CT molecular complexity index is 8250. The Labute approximate surface area is 840 Å². The van der Waals surface area contributed by atoms with Crippen molar-refractivity contribution < 1.29 is 0 Å². The van der Waals surface area contributed by atoms with Crippen LogP contribution in [0.3, 0.4) is 0 Å². The highest BCUT2D eigenvalue weighted by Gasteiger charge is 2.26. The zero-order chi connectivity index (χ0) is 96.7. The van der Waals surface area contributed by atoms with Gasteiger partial charge in [-0.25, -0.2) is 4.85 Å². The molecule has 8 nitrogen and oxygen atoms in total. The minimum Gasteiger partial charge on any atom is -0.311 e. The molecule has 0 fully saturated rings. The van der Waals surface area contributed by atoms with Crippen LogP contribution in [0, 0.1) is 17.9 Å². The second-order valence-corrected chi connectivity index (χ2v) is 35.3. The number of para-hydroxylation sites is 8. The molecule has 8 heteroatoms. The largest absolute Gasteiger partial charge is 0.311 e. The van der Waals surface area contributed by atoms with Crippen LogP contribution in [0.2, 0.25) is 0 Å². The summed E-state index contributed by atoms with van der Waals surface area (Å²) < 4.78 is 0. The van der Waals surface area contributed by atoms with Gasteiger partial charge in [-0.2, -0.15) is 5.26 Å². The summed E-state index contributed by atoms with van der Waals surface area (Å²) in [6.07, 6.45) is 8.62. The second-order valence-electron chi connectivity index (χ2n) is 35.3. The molecule has 0 aliphatic carbocycles.